The Hall–Kier alpha value is -2.94. The summed E-state index contributed by atoms with van der Waals surface area (Å²) in [5.41, 5.74) is 0.933. The minimum Gasteiger partial charge on any atom is -0.496 e. The molecule has 8 nitrogen and oxygen atoms in total. The number of carbonyl (C=O) groups is 1. The summed E-state index contributed by atoms with van der Waals surface area (Å²) in [6.07, 6.45) is 0. The van der Waals surface area contributed by atoms with Crippen molar-refractivity contribution in [2.75, 3.05) is 7.11 Å². The first-order chi connectivity index (χ1) is 14.6. The van der Waals surface area contributed by atoms with Crippen LogP contribution in [0.5, 0.6) is 5.75 Å². The molecule has 0 saturated carbocycles. The van der Waals surface area contributed by atoms with E-state index in [1.807, 2.05) is 13.8 Å². The molecule has 0 aliphatic rings. The molecular weight excluding hydrogens is 416 g/mol. The number of Topliss-reactive ketones (excluding diaryl/α,β-unsaturated/α-hetero) is 1. The molecule has 0 amide bonds. The SMILES string of the molecule is COc1ccc(C(C)=O)cc1CSc1nc(C)nc2c1c(=O)n(C)c(=O)n2CC(C)C. The predicted molar refractivity (Wildman–Crippen MR) is 121 cm³/mol. The third kappa shape index (κ3) is 4.56. The van der Waals surface area contributed by atoms with Crippen LogP contribution in [0.2, 0.25) is 0 Å². The summed E-state index contributed by atoms with van der Waals surface area (Å²) in [5.74, 6) is 1.72. The van der Waals surface area contributed by atoms with Crippen molar-refractivity contribution in [3.05, 3.63) is 56.0 Å². The molecule has 0 spiro atoms. The largest absolute Gasteiger partial charge is 0.496 e. The number of ether oxygens (including phenoxy) is 1. The van der Waals surface area contributed by atoms with E-state index in [-0.39, 0.29) is 11.7 Å². The Balaban J connectivity index is 2.15. The summed E-state index contributed by atoms with van der Waals surface area (Å²) >= 11 is 1.35. The molecule has 0 aliphatic carbocycles. The molecule has 0 fully saturated rings. The van der Waals surface area contributed by atoms with Crippen molar-refractivity contribution < 1.29 is 9.53 Å². The first-order valence-electron chi connectivity index (χ1n) is 9.92. The van der Waals surface area contributed by atoms with Crippen molar-refractivity contribution in [1.29, 1.82) is 0 Å². The van der Waals surface area contributed by atoms with Crippen LogP contribution < -0.4 is 16.0 Å². The first kappa shape index (κ1) is 22.7. The van der Waals surface area contributed by atoms with Crippen LogP contribution in [0.25, 0.3) is 11.0 Å². The van der Waals surface area contributed by atoms with Crippen LogP contribution >= 0.6 is 11.8 Å². The smallest absolute Gasteiger partial charge is 0.332 e. The fourth-order valence-electron chi connectivity index (χ4n) is 3.33. The van der Waals surface area contributed by atoms with E-state index in [9.17, 15) is 14.4 Å². The van der Waals surface area contributed by atoms with Gasteiger partial charge in [0.15, 0.2) is 11.4 Å². The molecule has 2 heterocycles. The maximum Gasteiger partial charge on any atom is 0.332 e. The lowest BCUT2D eigenvalue weighted by Gasteiger charge is -2.15. The second-order valence-electron chi connectivity index (χ2n) is 7.80. The number of ketones is 1. The number of aromatic nitrogens is 4. The van der Waals surface area contributed by atoms with Gasteiger partial charge in [-0.1, -0.05) is 13.8 Å². The van der Waals surface area contributed by atoms with Gasteiger partial charge in [0, 0.05) is 30.5 Å². The Morgan fingerprint density at radius 1 is 1.23 bits per heavy atom. The maximum absolute atomic E-state index is 13.0. The molecule has 0 aliphatic heterocycles. The predicted octanol–water partition coefficient (Wildman–Crippen LogP) is 2.96. The third-order valence-corrected chi connectivity index (χ3v) is 5.88. The van der Waals surface area contributed by atoms with Crippen LogP contribution in [-0.2, 0) is 19.3 Å². The average Bonchev–Trinajstić information content (AvgIpc) is 2.72. The Bertz CT molecular complexity index is 1280. The quantitative estimate of drug-likeness (QED) is 0.315. The Labute approximate surface area is 184 Å². The molecule has 0 saturated heterocycles. The number of methoxy groups -OCH3 is 1. The van der Waals surface area contributed by atoms with Gasteiger partial charge in [0.05, 0.1) is 7.11 Å². The van der Waals surface area contributed by atoms with E-state index < -0.39 is 11.2 Å². The van der Waals surface area contributed by atoms with Crippen molar-refractivity contribution in [1.82, 2.24) is 19.1 Å². The lowest BCUT2D eigenvalue weighted by molar-refractivity contribution is 0.101. The highest BCUT2D eigenvalue weighted by molar-refractivity contribution is 7.98. The van der Waals surface area contributed by atoms with Crippen LogP contribution in [-0.4, -0.2) is 32.0 Å². The molecule has 0 atom stereocenters. The van der Waals surface area contributed by atoms with Crippen molar-refractivity contribution in [3.8, 4) is 5.75 Å². The normalized spacial score (nSPS) is 11.3. The topological polar surface area (TPSA) is 96.1 Å². The van der Waals surface area contributed by atoms with Gasteiger partial charge in [0.1, 0.15) is 22.0 Å². The number of hydrogen-bond acceptors (Lipinski definition) is 7. The monoisotopic (exact) mass is 442 g/mol. The van der Waals surface area contributed by atoms with Crippen LogP contribution in [0.4, 0.5) is 0 Å². The van der Waals surface area contributed by atoms with E-state index in [0.29, 0.717) is 45.5 Å². The Morgan fingerprint density at radius 3 is 2.55 bits per heavy atom. The van der Waals surface area contributed by atoms with Gasteiger partial charge >= 0.3 is 5.69 Å². The summed E-state index contributed by atoms with van der Waals surface area (Å²) in [6, 6.07) is 5.27. The first-order valence-corrected chi connectivity index (χ1v) is 10.9. The fraction of sp³-hybridized carbons (Fsp3) is 0.409. The fourth-order valence-corrected chi connectivity index (χ4v) is 4.37. The number of nitrogens with zero attached hydrogens (tertiary/aromatic N) is 4. The van der Waals surface area contributed by atoms with Crippen molar-refractivity contribution in [3.63, 3.8) is 0 Å². The molecule has 3 rings (SSSR count). The highest BCUT2D eigenvalue weighted by Crippen LogP contribution is 2.30. The summed E-state index contributed by atoms with van der Waals surface area (Å²) in [7, 11) is 3.04. The summed E-state index contributed by atoms with van der Waals surface area (Å²) in [4.78, 5) is 46.4. The van der Waals surface area contributed by atoms with Crippen LogP contribution in [0.3, 0.4) is 0 Å². The average molecular weight is 443 g/mol. The van der Waals surface area contributed by atoms with Crippen LogP contribution in [0, 0.1) is 12.8 Å². The van der Waals surface area contributed by atoms with Crippen molar-refractivity contribution >= 4 is 28.6 Å². The highest BCUT2D eigenvalue weighted by Gasteiger charge is 2.19. The molecule has 3 aromatic rings. The van der Waals surface area contributed by atoms with Gasteiger partial charge in [-0.3, -0.25) is 18.7 Å². The zero-order chi connectivity index (χ0) is 22.9. The third-order valence-electron chi connectivity index (χ3n) is 4.86. The number of carbonyl (C=O) groups excluding carboxylic acids is 1. The molecule has 0 radical (unpaired) electrons. The molecule has 2 aromatic heterocycles. The van der Waals surface area contributed by atoms with Gasteiger partial charge in [-0.2, -0.15) is 0 Å². The van der Waals surface area contributed by atoms with Crippen molar-refractivity contribution in [2.45, 2.75) is 45.0 Å². The second-order valence-corrected chi connectivity index (χ2v) is 8.76. The van der Waals surface area contributed by atoms with Gasteiger partial charge in [-0.15, -0.1) is 11.8 Å². The van der Waals surface area contributed by atoms with Crippen LogP contribution in [0.1, 0.15) is 42.5 Å². The Kier molecular flexibility index (Phi) is 6.64. The van der Waals surface area contributed by atoms with Gasteiger partial charge in [0.2, 0.25) is 0 Å². The second kappa shape index (κ2) is 9.05. The van der Waals surface area contributed by atoms with Gasteiger partial charge in [-0.05, 0) is 38.0 Å². The van der Waals surface area contributed by atoms with E-state index in [2.05, 4.69) is 9.97 Å². The Morgan fingerprint density at radius 2 is 1.94 bits per heavy atom. The van der Waals surface area contributed by atoms with E-state index in [1.54, 1.807) is 32.2 Å². The van der Waals surface area contributed by atoms with Crippen LogP contribution in [0.15, 0.2) is 32.8 Å². The lowest BCUT2D eigenvalue weighted by atomic mass is 10.1. The lowest BCUT2D eigenvalue weighted by Crippen LogP contribution is -2.39. The van der Waals surface area contributed by atoms with Crippen molar-refractivity contribution in [2.24, 2.45) is 13.0 Å². The molecule has 0 unspecified atom stereocenters. The number of thioether (sulfide) groups is 1. The molecule has 31 heavy (non-hydrogen) atoms. The van der Waals surface area contributed by atoms with Gasteiger partial charge in [0.25, 0.3) is 5.56 Å². The van der Waals surface area contributed by atoms with E-state index >= 15 is 0 Å². The number of benzene rings is 1. The molecular formula is C22H26N4O4S. The van der Waals surface area contributed by atoms with E-state index in [1.165, 1.54) is 30.3 Å². The highest BCUT2D eigenvalue weighted by atomic mass is 32.2. The number of hydrogen-bond donors (Lipinski definition) is 0. The van der Waals surface area contributed by atoms with E-state index in [4.69, 9.17) is 4.74 Å². The zero-order valence-electron chi connectivity index (χ0n) is 18.6. The number of rotatable bonds is 7. The molecule has 1 aromatic carbocycles. The van der Waals surface area contributed by atoms with E-state index in [0.717, 1.165) is 10.1 Å². The zero-order valence-corrected chi connectivity index (χ0v) is 19.4. The maximum atomic E-state index is 13.0. The standard InChI is InChI=1S/C22H26N4O4S/c1-12(2)10-26-19-18(21(28)25(5)22(26)29)20(24-14(4)23-19)31-11-16-9-15(13(3)27)7-8-17(16)30-6/h7-9,12H,10-11H2,1-6H3. The van der Waals surface area contributed by atoms with Gasteiger partial charge in [-0.25, -0.2) is 14.8 Å². The molecule has 0 N–H and O–H groups in total. The minimum absolute atomic E-state index is 0.0381. The number of fused-ring (bicyclic) bond motifs is 1. The number of aryl methyl sites for hydroxylation is 1. The minimum atomic E-state index is -0.424. The van der Waals surface area contributed by atoms with Gasteiger partial charge < -0.3 is 4.74 Å². The molecule has 0 bridgehead atoms. The molecule has 164 valence electrons. The summed E-state index contributed by atoms with van der Waals surface area (Å²) in [6.45, 7) is 7.70. The summed E-state index contributed by atoms with van der Waals surface area (Å²) in [5, 5.41) is 0.816. The molecule has 9 heteroatoms. The summed E-state index contributed by atoms with van der Waals surface area (Å²) < 4.78 is 8.07.